The molecule has 0 radical (unpaired) electrons. The third kappa shape index (κ3) is 3.25. The number of hydrogen-bond donors (Lipinski definition) is 1. The van der Waals surface area contributed by atoms with Crippen LogP contribution in [0.3, 0.4) is 0 Å². The van der Waals surface area contributed by atoms with Crippen molar-refractivity contribution in [3.05, 3.63) is 54.0 Å². The van der Waals surface area contributed by atoms with E-state index < -0.39 is 0 Å². The second-order valence-corrected chi connectivity index (χ2v) is 5.80. The number of anilines is 1. The van der Waals surface area contributed by atoms with Crippen LogP contribution in [0.2, 0.25) is 0 Å². The molecule has 0 bridgehead atoms. The molecule has 0 aliphatic heterocycles. The molecule has 1 aliphatic carbocycles. The van der Waals surface area contributed by atoms with E-state index in [-0.39, 0.29) is 6.04 Å². The van der Waals surface area contributed by atoms with Crippen LogP contribution in [0.1, 0.15) is 49.4 Å². The number of aromatic nitrogens is 2. The van der Waals surface area contributed by atoms with Gasteiger partial charge in [-0.05, 0) is 24.3 Å². The second kappa shape index (κ2) is 7.04. The maximum atomic E-state index is 9.22. The van der Waals surface area contributed by atoms with Crippen LogP contribution in [-0.2, 0) is 0 Å². The number of nitrogens with one attached hydrogen (secondary N) is 1. The van der Waals surface area contributed by atoms with Gasteiger partial charge in [-0.1, -0.05) is 49.6 Å². The van der Waals surface area contributed by atoms with Gasteiger partial charge in [0.25, 0.3) is 0 Å². The van der Waals surface area contributed by atoms with Gasteiger partial charge in [-0.2, -0.15) is 5.26 Å². The van der Waals surface area contributed by atoms with Crippen molar-refractivity contribution in [3.8, 4) is 6.07 Å². The molecule has 1 aromatic carbocycles. The molecule has 3 rings (SSSR count). The summed E-state index contributed by atoms with van der Waals surface area (Å²) in [6.45, 7) is 0. The van der Waals surface area contributed by atoms with E-state index in [1.165, 1.54) is 37.7 Å². The predicted octanol–water partition coefficient (Wildman–Crippen LogP) is 4.08. The zero-order chi connectivity index (χ0) is 15.2. The normalized spacial score (nSPS) is 16.7. The third-order valence-corrected chi connectivity index (χ3v) is 4.38. The van der Waals surface area contributed by atoms with Crippen LogP contribution < -0.4 is 5.32 Å². The molecular weight excluding hydrogens is 272 g/mol. The van der Waals surface area contributed by atoms with Crippen LogP contribution >= 0.6 is 0 Å². The molecule has 1 aromatic heterocycles. The number of hydrogen-bond acceptors (Lipinski definition) is 4. The summed E-state index contributed by atoms with van der Waals surface area (Å²) >= 11 is 0. The molecule has 0 spiro atoms. The first-order valence-electron chi connectivity index (χ1n) is 7.91. The minimum atomic E-state index is 0.185. The lowest BCUT2D eigenvalue weighted by molar-refractivity contribution is 0.320. The van der Waals surface area contributed by atoms with Crippen LogP contribution in [0.5, 0.6) is 0 Å². The molecule has 1 N–H and O–H groups in total. The first-order valence-corrected chi connectivity index (χ1v) is 7.91. The van der Waals surface area contributed by atoms with Gasteiger partial charge in [-0.3, -0.25) is 0 Å². The lowest BCUT2D eigenvalue weighted by atomic mass is 9.81. The summed E-state index contributed by atoms with van der Waals surface area (Å²) in [7, 11) is 0. The summed E-state index contributed by atoms with van der Waals surface area (Å²) in [5.41, 5.74) is 1.61. The Labute approximate surface area is 131 Å². The zero-order valence-electron chi connectivity index (χ0n) is 12.6. The quantitative estimate of drug-likeness (QED) is 0.922. The van der Waals surface area contributed by atoms with E-state index in [0.717, 1.165) is 0 Å². The molecule has 112 valence electrons. The Morgan fingerprint density at radius 3 is 2.50 bits per heavy atom. The lowest BCUT2D eigenvalue weighted by Gasteiger charge is -2.31. The van der Waals surface area contributed by atoms with Crippen molar-refractivity contribution in [2.45, 2.75) is 38.1 Å². The highest BCUT2D eigenvalue weighted by atomic mass is 15.0. The molecule has 0 saturated heterocycles. The number of benzene rings is 1. The molecule has 1 atom stereocenters. The smallest absolute Gasteiger partial charge is 0.182 e. The summed E-state index contributed by atoms with van der Waals surface area (Å²) in [6, 6.07) is 12.8. The van der Waals surface area contributed by atoms with Crippen LogP contribution in [0.15, 0.2) is 42.7 Å². The van der Waals surface area contributed by atoms with Gasteiger partial charge < -0.3 is 5.32 Å². The maximum absolute atomic E-state index is 9.22. The SMILES string of the molecule is N#Cc1nccnc1NC(c1ccccc1)C1CCCCC1. The lowest BCUT2D eigenvalue weighted by Crippen LogP contribution is -2.24. The van der Waals surface area contributed by atoms with E-state index in [4.69, 9.17) is 0 Å². The molecule has 1 heterocycles. The fourth-order valence-electron chi connectivity index (χ4n) is 3.27. The molecule has 22 heavy (non-hydrogen) atoms. The number of nitrogens with zero attached hydrogens (tertiary/aromatic N) is 3. The minimum absolute atomic E-state index is 0.185. The topological polar surface area (TPSA) is 61.6 Å². The minimum Gasteiger partial charge on any atom is -0.361 e. The van der Waals surface area contributed by atoms with Crippen molar-refractivity contribution < 1.29 is 0 Å². The van der Waals surface area contributed by atoms with Gasteiger partial charge in [-0.25, -0.2) is 9.97 Å². The fraction of sp³-hybridized carbons (Fsp3) is 0.389. The van der Waals surface area contributed by atoms with E-state index >= 15 is 0 Å². The standard InChI is InChI=1S/C18H20N4/c19-13-16-18(21-12-11-20-16)22-17(14-7-3-1-4-8-14)15-9-5-2-6-10-15/h1,3-4,7-8,11-12,15,17H,2,5-6,9-10H2,(H,21,22). The highest BCUT2D eigenvalue weighted by molar-refractivity contribution is 5.48. The summed E-state index contributed by atoms with van der Waals surface area (Å²) in [5, 5.41) is 12.7. The van der Waals surface area contributed by atoms with Crippen molar-refractivity contribution in [1.82, 2.24) is 9.97 Å². The molecular formula is C18H20N4. The van der Waals surface area contributed by atoms with Crippen LogP contribution in [0.4, 0.5) is 5.82 Å². The number of nitriles is 1. The molecule has 1 aliphatic rings. The van der Waals surface area contributed by atoms with Gasteiger partial charge >= 0.3 is 0 Å². The first-order chi connectivity index (χ1) is 10.9. The summed E-state index contributed by atoms with van der Waals surface area (Å²) < 4.78 is 0. The summed E-state index contributed by atoms with van der Waals surface area (Å²) in [6.07, 6.45) is 9.51. The van der Waals surface area contributed by atoms with Crippen LogP contribution in [0.25, 0.3) is 0 Å². The highest BCUT2D eigenvalue weighted by Gasteiger charge is 2.26. The molecule has 0 amide bonds. The Bertz CT molecular complexity index is 642. The van der Waals surface area contributed by atoms with E-state index in [0.29, 0.717) is 17.4 Å². The van der Waals surface area contributed by atoms with Crippen LogP contribution in [0, 0.1) is 17.2 Å². The Kier molecular flexibility index (Phi) is 4.65. The van der Waals surface area contributed by atoms with E-state index in [9.17, 15) is 5.26 Å². The molecule has 1 fully saturated rings. The Morgan fingerprint density at radius 2 is 1.77 bits per heavy atom. The van der Waals surface area contributed by atoms with Crippen molar-refractivity contribution in [3.63, 3.8) is 0 Å². The first kappa shape index (κ1) is 14.5. The van der Waals surface area contributed by atoms with Crippen LogP contribution in [-0.4, -0.2) is 9.97 Å². The van der Waals surface area contributed by atoms with Gasteiger partial charge in [0.2, 0.25) is 0 Å². The molecule has 1 saturated carbocycles. The molecule has 2 aromatic rings. The van der Waals surface area contributed by atoms with Crippen molar-refractivity contribution in [2.75, 3.05) is 5.32 Å². The van der Waals surface area contributed by atoms with E-state index in [2.05, 4.69) is 45.6 Å². The van der Waals surface area contributed by atoms with Gasteiger partial charge in [-0.15, -0.1) is 0 Å². The fourth-order valence-corrected chi connectivity index (χ4v) is 3.27. The predicted molar refractivity (Wildman–Crippen MR) is 86.1 cm³/mol. The zero-order valence-corrected chi connectivity index (χ0v) is 12.6. The van der Waals surface area contributed by atoms with Gasteiger partial charge in [0.1, 0.15) is 6.07 Å². The molecule has 1 unspecified atom stereocenters. The van der Waals surface area contributed by atoms with E-state index in [1.54, 1.807) is 12.4 Å². The highest BCUT2D eigenvalue weighted by Crippen LogP contribution is 2.36. The van der Waals surface area contributed by atoms with Gasteiger partial charge in [0.15, 0.2) is 11.5 Å². The van der Waals surface area contributed by atoms with Crippen molar-refractivity contribution >= 4 is 5.82 Å². The maximum Gasteiger partial charge on any atom is 0.182 e. The van der Waals surface area contributed by atoms with Crippen molar-refractivity contribution in [1.29, 1.82) is 5.26 Å². The Morgan fingerprint density at radius 1 is 1.05 bits per heavy atom. The molecule has 4 nitrogen and oxygen atoms in total. The third-order valence-electron chi connectivity index (χ3n) is 4.38. The number of rotatable bonds is 4. The summed E-state index contributed by atoms with van der Waals surface area (Å²) in [5.74, 6) is 1.16. The largest absolute Gasteiger partial charge is 0.361 e. The van der Waals surface area contributed by atoms with Gasteiger partial charge in [0, 0.05) is 12.4 Å². The average molecular weight is 292 g/mol. The Balaban J connectivity index is 1.90. The van der Waals surface area contributed by atoms with E-state index in [1.807, 2.05) is 6.07 Å². The van der Waals surface area contributed by atoms with Gasteiger partial charge in [0.05, 0.1) is 6.04 Å². The Hall–Kier alpha value is -2.41. The summed E-state index contributed by atoms with van der Waals surface area (Å²) in [4.78, 5) is 8.42. The molecule has 4 heteroatoms. The van der Waals surface area contributed by atoms with Crippen molar-refractivity contribution in [2.24, 2.45) is 5.92 Å². The monoisotopic (exact) mass is 292 g/mol. The second-order valence-electron chi connectivity index (χ2n) is 5.80. The average Bonchev–Trinajstić information content (AvgIpc) is 2.61.